The van der Waals surface area contributed by atoms with Gasteiger partial charge in [0.25, 0.3) is 15.9 Å². The highest BCUT2D eigenvalue weighted by Gasteiger charge is 2.22. The molecule has 9 heteroatoms. The molecule has 0 spiro atoms. The van der Waals surface area contributed by atoms with Gasteiger partial charge in [-0.15, -0.1) is 0 Å². The minimum atomic E-state index is -4.02. The number of nitrogens with zero attached hydrogens (tertiary/aromatic N) is 1. The summed E-state index contributed by atoms with van der Waals surface area (Å²) < 4.78 is 33.5. The molecule has 2 aromatic rings. The third kappa shape index (κ3) is 6.35. The summed E-state index contributed by atoms with van der Waals surface area (Å²) in [5.41, 5.74) is 0.524. The van der Waals surface area contributed by atoms with Gasteiger partial charge in [-0.25, -0.2) is 8.42 Å². The number of para-hydroxylation sites is 2. The number of nitrogens with one attached hydrogen (secondary N) is 2. The number of carbonyl (C=O) groups is 1. The zero-order valence-electron chi connectivity index (χ0n) is 17.6. The van der Waals surface area contributed by atoms with Crippen LogP contribution >= 0.6 is 11.6 Å². The molecular formula is C22H28ClN3O4S. The molecule has 1 aliphatic heterocycles. The Morgan fingerprint density at radius 3 is 2.61 bits per heavy atom. The molecule has 0 aliphatic carbocycles. The Hall–Kier alpha value is -2.29. The number of likely N-dealkylation sites (tertiary alicyclic amines) is 1. The van der Waals surface area contributed by atoms with Gasteiger partial charge < -0.3 is 15.0 Å². The van der Waals surface area contributed by atoms with Crippen molar-refractivity contribution in [3.63, 3.8) is 0 Å². The Balaban J connectivity index is 1.65. The first-order valence-electron chi connectivity index (χ1n) is 10.4. The molecule has 1 amide bonds. The van der Waals surface area contributed by atoms with E-state index in [9.17, 15) is 13.2 Å². The fourth-order valence-corrected chi connectivity index (χ4v) is 5.17. The fraction of sp³-hybridized carbons (Fsp3) is 0.409. The number of hydrogen-bond acceptors (Lipinski definition) is 5. The molecule has 1 fully saturated rings. The number of methoxy groups -OCH3 is 1. The minimum Gasteiger partial charge on any atom is -0.495 e. The van der Waals surface area contributed by atoms with E-state index in [0.717, 1.165) is 26.1 Å². The fourth-order valence-electron chi connectivity index (χ4n) is 3.57. The maximum Gasteiger partial charge on any atom is 0.263 e. The SMILES string of the molecule is COc1ccccc1NS(=O)(=O)c1cc(C(=O)NCCCN2CCCCC2)ccc1Cl. The van der Waals surface area contributed by atoms with Crippen molar-refractivity contribution in [3.8, 4) is 5.75 Å². The quantitative estimate of drug-likeness (QED) is 0.550. The molecule has 0 bridgehead atoms. The average Bonchev–Trinajstić information content (AvgIpc) is 2.77. The number of halogens is 1. The number of rotatable bonds is 9. The van der Waals surface area contributed by atoms with Crippen LogP contribution in [0.5, 0.6) is 5.75 Å². The molecule has 2 N–H and O–H groups in total. The van der Waals surface area contributed by atoms with E-state index in [2.05, 4.69) is 14.9 Å². The van der Waals surface area contributed by atoms with Crippen molar-refractivity contribution < 1.29 is 17.9 Å². The summed E-state index contributed by atoms with van der Waals surface area (Å²) in [7, 11) is -2.57. The van der Waals surface area contributed by atoms with Gasteiger partial charge in [0.1, 0.15) is 10.6 Å². The highest BCUT2D eigenvalue weighted by atomic mass is 35.5. The summed E-state index contributed by atoms with van der Waals surface area (Å²) in [4.78, 5) is 14.8. The number of amides is 1. The van der Waals surface area contributed by atoms with Gasteiger partial charge >= 0.3 is 0 Å². The van der Waals surface area contributed by atoms with E-state index in [1.54, 1.807) is 24.3 Å². The number of hydrogen-bond donors (Lipinski definition) is 2. The van der Waals surface area contributed by atoms with Gasteiger partial charge in [-0.3, -0.25) is 9.52 Å². The van der Waals surface area contributed by atoms with Crippen molar-refractivity contribution in [2.45, 2.75) is 30.6 Å². The van der Waals surface area contributed by atoms with E-state index in [-0.39, 0.29) is 27.1 Å². The van der Waals surface area contributed by atoms with E-state index in [4.69, 9.17) is 16.3 Å². The molecule has 0 saturated carbocycles. The lowest BCUT2D eigenvalue weighted by atomic mass is 10.1. The lowest BCUT2D eigenvalue weighted by Gasteiger charge is -2.26. The Kier molecular flexibility index (Phi) is 8.17. The molecule has 3 rings (SSSR count). The summed E-state index contributed by atoms with van der Waals surface area (Å²) in [5.74, 6) is 0.0499. The van der Waals surface area contributed by atoms with Crippen LogP contribution in [0.2, 0.25) is 5.02 Å². The van der Waals surface area contributed by atoms with E-state index < -0.39 is 10.0 Å². The highest BCUT2D eigenvalue weighted by molar-refractivity contribution is 7.92. The van der Waals surface area contributed by atoms with Gasteiger partial charge in [0, 0.05) is 12.1 Å². The lowest BCUT2D eigenvalue weighted by molar-refractivity contribution is 0.0951. The Labute approximate surface area is 188 Å². The van der Waals surface area contributed by atoms with E-state index in [0.29, 0.717) is 12.3 Å². The topological polar surface area (TPSA) is 87.7 Å². The molecule has 1 heterocycles. The van der Waals surface area contributed by atoms with Crippen LogP contribution in [0.25, 0.3) is 0 Å². The molecule has 0 unspecified atom stereocenters. The first-order chi connectivity index (χ1) is 14.9. The standard InChI is InChI=1S/C22H28ClN3O4S/c1-30-20-9-4-3-8-19(20)25-31(28,29)21-16-17(10-11-18(21)23)22(27)24-12-7-15-26-13-5-2-6-14-26/h3-4,8-11,16,25H,2,5-7,12-15H2,1H3,(H,24,27). The molecular weight excluding hydrogens is 438 g/mol. The molecule has 168 valence electrons. The third-order valence-electron chi connectivity index (χ3n) is 5.22. The molecule has 0 radical (unpaired) electrons. The Bertz CT molecular complexity index is 1010. The van der Waals surface area contributed by atoms with E-state index >= 15 is 0 Å². The first kappa shape index (κ1) is 23.4. The highest BCUT2D eigenvalue weighted by Crippen LogP contribution is 2.29. The number of piperidine rings is 1. The lowest BCUT2D eigenvalue weighted by Crippen LogP contribution is -2.33. The van der Waals surface area contributed by atoms with Crippen LogP contribution in [0, 0.1) is 0 Å². The normalized spacial score (nSPS) is 14.8. The number of anilines is 1. The van der Waals surface area contributed by atoms with Gasteiger partial charge in [0.05, 0.1) is 17.8 Å². The molecule has 2 aromatic carbocycles. The Morgan fingerprint density at radius 2 is 1.87 bits per heavy atom. The maximum absolute atomic E-state index is 12.9. The zero-order chi connectivity index (χ0) is 22.3. The summed E-state index contributed by atoms with van der Waals surface area (Å²) >= 11 is 6.15. The van der Waals surface area contributed by atoms with Gasteiger partial charge in [-0.05, 0) is 69.2 Å². The largest absolute Gasteiger partial charge is 0.495 e. The second-order valence-corrected chi connectivity index (χ2v) is 9.52. The number of ether oxygens (including phenoxy) is 1. The van der Waals surface area contributed by atoms with Crippen molar-refractivity contribution in [2.24, 2.45) is 0 Å². The van der Waals surface area contributed by atoms with Gasteiger partial charge in [-0.1, -0.05) is 30.2 Å². The van der Waals surface area contributed by atoms with Gasteiger partial charge in [0.2, 0.25) is 0 Å². The minimum absolute atomic E-state index is 0.0315. The smallest absolute Gasteiger partial charge is 0.263 e. The summed E-state index contributed by atoms with van der Waals surface area (Å²) in [6.07, 6.45) is 4.61. The van der Waals surface area contributed by atoms with E-state index in [1.807, 2.05) is 0 Å². The predicted molar refractivity (Wildman–Crippen MR) is 122 cm³/mol. The maximum atomic E-state index is 12.9. The van der Waals surface area contributed by atoms with Crippen LogP contribution in [-0.4, -0.2) is 52.5 Å². The predicted octanol–water partition coefficient (Wildman–Crippen LogP) is 3.76. The Morgan fingerprint density at radius 1 is 1.13 bits per heavy atom. The van der Waals surface area contributed by atoms with Crippen LogP contribution < -0.4 is 14.8 Å². The number of carbonyl (C=O) groups excluding carboxylic acids is 1. The molecule has 1 aliphatic rings. The zero-order valence-corrected chi connectivity index (χ0v) is 19.1. The van der Waals surface area contributed by atoms with Crippen LogP contribution in [0.15, 0.2) is 47.4 Å². The molecule has 0 atom stereocenters. The second kappa shape index (κ2) is 10.8. The van der Waals surface area contributed by atoms with Crippen LogP contribution in [-0.2, 0) is 10.0 Å². The average molecular weight is 466 g/mol. The van der Waals surface area contributed by atoms with Crippen LogP contribution in [0.4, 0.5) is 5.69 Å². The molecule has 0 aromatic heterocycles. The summed E-state index contributed by atoms with van der Waals surface area (Å²) in [6, 6.07) is 10.9. The molecule has 7 nitrogen and oxygen atoms in total. The molecule has 31 heavy (non-hydrogen) atoms. The summed E-state index contributed by atoms with van der Waals surface area (Å²) in [5, 5.41) is 2.89. The van der Waals surface area contributed by atoms with Crippen LogP contribution in [0.3, 0.4) is 0 Å². The number of sulfonamides is 1. The summed E-state index contributed by atoms with van der Waals surface area (Å²) in [6.45, 7) is 3.71. The van der Waals surface area contributed by atoms with Gasteiger partial charge in [-0.2, -0.15) is 0 Å². The monoisotopic (exact) mass is 465 g/mol. The van der Waals surface area contributed by atoms with Crippen molar-refractivity contribution in [2.75, 3.05) is 38.0 Å². The van der Waals surface area contributed by atoms with Gasteiger partial charge in [0.15, 0.2) is 0 Å². The first-order valence-corrected chi connectivity index (χ1v) is 12.2. The molecule has 1 saturated heterocycles. The number of benzene rings is 2. The van der Waals surface area contributed by atoms with Crippen molar-refractivity contribution in [3.05, 3.63) is 53.1 Å². The van der Waals surface area contributed by atoms with Crippen molar-refractivity contribution in [1.82, 2.24) is 10.2 Å². The second-order valence-electron chi connectivity index (χ2n) is 7.46. The van der Waals surface area contributed by atoms with Crippen molar-refractivity contribution in [1.29, 1.82) is 0 Å². The van der Waals surface area contributed by atoms with E-state index in [1.165, 1.54) is 44.6 Å². The van der Waals surface area contributed by atoms with Crippen molar-refractivity contribution >= 4 is 33.2 Å². The third-order valence-corrected chi connectivity index (χ3v) is 7.07. The van der Waals surface area contributed by atoms with Crippen LogP contribution in [0.1, 0.15) is 36.0 Å².